The van der Waals surface area contributed by atoms with E-state index in [0.717, 1.165) is 31.9 Å². The van der Waals surface area contributed by atoms with Gasteiger partial charge in [-0.15, -0.1) is 0 Å². The third-order valence-electron chi connectivity index (χ3n) is 6.77. The van der Waals surface area contributed by atoms with E-state index in [9.17, 15) is 18.4 Å². The van der Waals surface area contributed by atoms with Crippen LogP contribution in [0.15, 0.2) is 29.3 Å². The summed E-state index contributed by atoms with van der Waals surface area (Å²) >= 11 is 0. The molecule has 0 radical (unpaired) electrons. The standard InChI is InChI=1S/C24H27F2N7O2/c1-14-18-13-29-23(30-19-4-3-17(12-28-19)32-9-7-27-8-10-32)31-21(18)33(22(35)20(14)15(2)34)16-5-6-24(25,26)11-16/h3-4,12-13,16,27H,5-11H2,1-2H3,(H,28,29,30,31)/t16-/m1/s1. The second-order valence-electron chi connectivity index (χ2n) is 9.18. The van der Waals surface area contributed by atoms with Crippen LogP contribution in [0.5, 0.6) is 0 Å². The number of ketones is 1. The summed E-state index contributed by atoms with van der Waals surface area (Å²) in [6.45, 7) is 6.61. The van der Waals surface area contributed by atoms with Gasteiger partial charge in [-0.05, 0) is 38.0 Å². The van der Waals surface area contributed by atoms with Gasteiger partial charge in [-0.3, -0.25) is 14.2 Å². The van der Waals surface area contributed by atoms with E-state index in [1.165, 1.54) is 17.7 Å². The number of pyridine rings is 2. The van der Waals surface area contributed by atoms with Gasteiger partial charge in [-0.2, -0.15) is 4.98 Å². The van der Waals surface area contributed by atoms with E-state index < -0.39 is 29.7 Å². The molecule has 1 saturated heterocycles. The van der Waals surface area contributed by atoms with Crippen LogP contribution < -0.4 is 21.1 Å². The van der Waals surface area contributed by atoms with Gasteiger partial charge in [0, 0.05) is 56.6 Å². The zero-order valence-corrected chi connectivity index (χ0v) is 19.6. The van der Waals surface area contributed by atoms with Crippen molar-refractivity contribution < 1.29 is 13.6 Å². The third kappa shape index (κ3) is 4.47. The number of aromatic nitrogens is 4. The van der Waals surface area contributed by atoms with Crippen molar-refractivity contribution in [2.45, 2.75) is 45.1 Å². The molecule has 3 aromatic rings. The van der Waals surface area contributed by atoms with Crippen molar-refractivity contribution in [3.05, 3.63) is 46.0 Å². The van der Waals surface area contributed by atoms with E-state index in [0.29, 0.717) is 16.8 Å². The number of hydrogen-bond donors (Lipinski definition) is 2. The molecule has 1 saturated carbocycles. The molecule has 2 fully saturated rings. The molecule has 1 aliphatic carbocycles. The molecule has 3 aromatic heterocycles. The van der Waals surface area contributed by atoms with Gasteiger partial charge in [0.25, 0.3) is 5.56 Å². The number of halogens is 2. The van der Waals surface area contributed by atoms with E-state index in [-0.39, 0.29) is 30.0 Å². The number of aryl methyl sites for hydroxylation is 1. The number of anilines is 3. The number of rotatable bonds is 5. The molecule has 2 N–H and O–H groups in total. The molecule has 0 bridgehead atoms. The summed E-state index contributed by atoms with van der Waals surface area (Å²) in [5.74, 6) is -2.57. The molecule has 0 aromatic carbocycles. The molecule has 35 heavy (non-hydrogen) atoms. The van der Waals surface area contributed by atoms with Crippen molar-refractivity contribution in [1.82, 2.24) is 24.8 Å². The van der Waals surface area contributed by atoms with E-state index >= 15 is 0 Å². The van der Waals surface area contributed by atoms with Gasteiger partial charge in [0.15, 0.2) is 5.78 Å². The number of alkyl halides is 2. The molecule has 2 aliphatic rings. The van der Waals surface area contributed by atoms with Crippen LogP contribution in [0, 0.1) is 6.92 Å². The van der Waals surface area contributed by atoms with Gasteiger partial charge in [-0.1, -0.05) is 0 Å². The number of hydrogen-bond acceptors (Lipinski definition) is 8. The summed E-state index contributed by atoms with van der Waals surface area (Å²) in [7, 11) is 0. The van der Waals surface area contributed by atoms with Gasteiger partial charge in [-0.25, -0.2) is 18.7 Å². The van der Waals surface area contributed by atoms with Gasteiger partial charge in [0.05, 0.1) is 17.4 Å². The number of carbonyl (C=O) groups is 1. The van der Waals surface area contributed by atoms with E-state index in [1.807, 2.05) is 12.1 Å². The predicted molar refractivity (Wildman–Crippen MR) is 129 cm³/mol. The fraction of sp³-hybridized carbons (Fsp3) is 0.458. The molecule has 1 atom stereocenters. The maximum atomic E-state index is 14.0. The summed E-state index contributed by atoms with van der Waals surface area (Å²) in [6, 6.07) is 3.03. The molecule has 0 amide bonds. The molecule has 0 spiro atoms. The number of piperazine rings is 1. The first-order chi connectivity index (χ1) is 16.7. The Morgan fingerprint density at radius 1 is 1.20 bits per heavy atom. The van der Waals surface area contributed by atoms with Crippen LogP contribution in [0.3, 0.4) is 0 Å². The first-order valence-corrected chi connectivity index (χ1v) is 11.7. The molecule has 1 aliphatic heterocycles. The van der Waals surface area contributed by atoms with Crippen molar-refractivity contribution in [3.63, 3.8) is 0 Å². The lowest BCUT2D eigenvalue weighted by Crippen LogP contribution is -2.43. The van der Waals surface area contributed by atoms with Crippen LogP contribution in [-0.2, 0) is 0 Å². The Labute approximate surface area is 200 Å². The Balaban J connectivity index is 1.52. The lowest BCUT2D eigenvalue weighted by Gasteiger charge is -2.29. The lowest BCUT2D eigenvalue weighted by molar-refractivity contribution is 0.00566. The number of fused-ring (bicyclic) bond motifs is 1. The van der Waals surface area contributed by atoms with Crippen LogP contribution >= 0.6 is 0 Å². The zero-order valence-electron chi connectivity index (χ0n) is 19.6. The van der Waals surface area contributed by atoms with Crippen LogP contribution in [0.4, 0.5) is 26.2 Å². The minimum atomic E-state index is -2.86. The summed E-state index contributed by atoms with van der Waals surface area (Å²) < 4.78 is 29.3. The fourth-order valence-corrected chi connectivity index (χ4v) is 4.98. The average molecular weight is 484 g/mol. The second kappa shape index (κ2) is 8.95. The van der Waals surface area contributed by atoms with Crippen molar-refractivity contribution in [2.24, 2.45) is 0 Å². The number of Topliss-reactive ketones (excluding diaryl/α,β-unsaturated/α-hetero) is 1. The first-order valence-electron chi connectivity index (χ1n) is 11.7. The maximum Gasteiger partial charge on any atom is 0.263 e. The van der Waals surface area contributed by atoms with E-state index in [1.54, 1.807) is 13.1 Å². The molecule has 0 unspecified atom stereocenters. The maximum absolute atomic E-state index is 14.0. The Bertz CT molecular complexity index is 1330. The normalized spacial score (nSPS) is 19.8. The van der Waals surface area contributed by atoms with Crippen LogP contribution in [0.2, 0.25) is 0 Å². The Hall–Kier alpha value is -3.47. The van der Waals surface area contributed by atoms with Crippen LogP contribution in [0.1, 0.15) is 48.1 Å². The van der Waals surface area contributed by atoms with Crippen molar-refractivity contribution in [1.29, 1.82) is 0 Å². The molecule has 9 nitrogen and oxygen atoms in total. The lowest BCUT2D eigenvalue weighted by atomic mass is 10.0. The second-order valence-corrected chi connectivity index (χ2v) is 9.18. The van der Waals surface area contributed by atoms with Crippen molar-refractivity contribution in [3.8, 4) is 0 Å². The Kier molecular flexibility index (Phi) is 5.96. The third-order valence-corrected chi connectivity index (χ3v) is 6.77. The van der Waals surface area contributed by atoms with Crippen molar-refractivity contribution >= 4 is 34.3 Å². The molecule has 4 heterocycles. The highest BCUT2D eigenvalue weighted by Crippen LogP contribution is 2.42. The summed E-state index contributed by atoms with van der Waals surface area (Å²) in [5.41, 5.74) is 1.09. The molecule has 5 rings (SSSR count). The van der Waals surface area contributed by atoms with Gasteiger partial charge in [0.1, 0.15) is 11.5 Å². The van der Waals surface area contributed by atoms with Gasteiger partial charge in [0.2, 0.25) is 11.9 Å². The summed E-state index contributed by atoms with van der Waals surface area (Å²) in [6.07, 6.45) is 2.64. The monoisotopic (exact) mass is 483 g/mol. The number of nitrogens with zero attached hydrogens (tertiary/aromatic N) is 5. The summed E-state index contributed by atoms with van der Waals surface area (Å²) in [5, 5.41) is 6.84. The smallest absolute Gasteiger partial charge is 0.263 e. The number of nitrogens with one attached hydrogen (secondary N) is 2. The van der Waals surface area contributed by atoms with Crippen LogP contribution in [0.25, 0.3) is 11.0 Å². The Morgan fingerprint density at radius 3 is 2.60 bits per heavy atom. The van der Waals surface area contributed by atoms with E-state index in [2.05, 4.69) is 30.5 Å². The highest BCUT2D eigenvalue weighted by atomic mass is 19.3. The minimum Gasteiger partial charge on any atom is -0.368 e. The topological polar surface area (TPSA) is 105 Å². The van der Waals surface area contributed by atoms with Crippen molar-refractivity contribution in [2.75, 3.05) is 36.4 Å². The molecular formula is C24H27F2N7O2. The SMILES string of the molecule is CC(=O)c1c(C)c2cnc(Nc3ccc(N4CCNCC4)cn3)nc2n([C@@H]2CCC(F)(F)C2)c1=O. The van der Waals surface area contributed by atoms with Gasteiger partial charge < -0.3 is 15.5 Å². The average Bonchev–Trinajstić information content (AvgIpc) is 3.19. The van der Waals surface area contributed by atoms with Gasteiger partial charge >= 0.3 is 0 Å². The summed E-state index contributed by atoms with van der Waals surface area (Å²) in [4.78, 5) is 41.1. The van der Waals surface area contributed by atoms with E-state index in [4.69, 9.17) is 0 Å². The molecule has 184 valence electrons. The predicted octanol–water partition coefficient (Wildman–Crippen LogP) is 3.21. The quantitative estimate of drug-likeness (QED) is 0.533. The Morgan fingerprint density at radius 2 is 1.97 bits per heavy atom. The number of carbonyl (C=O) groups excluding carboxylic acids is 1. The highest BCUT2D eigenvalue weighted by Gasteiger charge is 2.41. The largest absolute Gasteiger partial charge is 0.368 e. The molecule has 11 heteroatoms. The fourth-order valence-electron chi connectivity index (χ4n) is 4.98. The van der Waals surface area contributed by atoms with Crippen LogP contribution in [-0.4, -0.2) is 57.4 Å². The minimum absolute atomic E-state index is 0.0119. The molecular weight excluding hydrogens is 456 g/mol. The zero-order chi connectivity index (χ0) is 24.7. The first kappa shape index (κ1) is 23.3. The highest BCUT2D eigenvalue weighted by molar-refractivity contribution is 5.99.